The number of hydrogen-bond donors (Lipinski definition) is 0. The van der Waals surface area contributed by atoms with Gasteiger partial charge in [-0.2, -0.15) is 0 Å². The highest BCUT2D eigenvalue weighted by atomic mass is 16.5. The zero-order valence-electron chi connectivity index (χ0n) is 12.4. The van der Waals surface area contributed by atoms with E-state index in [1.165, 1.54) is 42.5 Å². The number of fused-ring (bicyclic) bond motifs is 1. The number of rotatable bonds is 2. The van der Waals surface area contributed by atoms with Crippen molar-refractivity contribution in [3.8, 4) is 5.75 Å². The zero-order valence-corrected chi connectivity index (χ0v) is 12.4. The molecule has 1 aromatic heterocycles. The van der Waals surface area contributed by atoms with Crippen LogP contribution in [0.5, 0.6) is 5.75 Å². The lowest BCUT2D eigenvalue weighted by atomic mass is 10.1. The van der Waals surface area contributed by atoms with E-state index in [4.69, 9.17) is 4.74 Å². The minimum Gasteiger partial charge on any atom is -0.497 e. The van der Waals surface area contributed by atoms with Crippen molar-refractivity contribution < 1.29 is 9.72 Å². The lowest BCUT2D eigenvalue weighted by Crippen LogP contribution is -2.30. The summed E-state index contributed by atoms with van der Waals surface area (Å²) in [5.41, 5.74) is 2.48. The lowest BCUT2D eigenvalue weighted by Gasteiger charge is -2.15. The van der Waals surface area contributed by atoms with Gasteiger partial charge in [-0.05, 0) is 50.3 Å². The summed E-state index contributed by atoms with van der Waals surface area (Å²) >= 11 is 0. The highest BCUT2D eigenvalue weighted by Gasteiger charge is 2.19. The maximum Gasteiger partial charge on any atom is 0.275 e. The van der Waals surface area contributed by atoms with E-state index in [-0.39, 0.29) is 0 Å². The third-order valence-electron chi connectivity index (χ3n) is 4.21. The molecule has 3 nitrogen and oxygen atoms in total. The van der Waals surface area contributed by atoms with Crippen LogP contribution >= 0.6 is 0 Å². The van der Waals surface area contributed by atoms with Crippen LogP contribution in [0.3, 0.4) is 0 Å². The van der Waals surface area contributed by atoms with Gasteiger partial charge >= 0.3 is 0 Å². The van der Waals surface area contributed by atoms with Gasteiger partial charge in [-0.1, -0.05) is 0 Å². The summed E-state index contributed by atoms with van der Waals surface area (Å²) in [5.74, 6) is 2.14. The van der Waals surface area contributed by atoms with E-state index < -0.39 is 0 Å². The van der Waals surface area contributed by atoms with E-state index >= 15 is 0 Å². The molecule has 1 fully saturated rings. The normalized spacial score (nSPS) is 16.2. The SMILES string of the molecule is COc1ccc2c(C)cc(N3CCCCCC3)[nH+]c2c1. The molecule has 2 aromatic rings. The molecule has 0 unspecified atom stereocenters. The Morgan fingerprint density at radius 2 is 1.80 bits per heavy atom. The van der Waals surface area contributed by atoms with E-state index in [1.54, 1.807) is 7.11 Å². The number of pyridine rings is 1. The van der Waals surface area contributed by atoms with Gasteiger partial charge in [-0.3, -0.25) is 4.90 Å². The Morgan fingerprint density at radius 1 is 1.05 bits per heavy atom. The number of ether oxygens (including phenoxy) is 1. The summed E-state index contributed by atoms with van der Waals surface area (Å²) in [6.45, 7) is 4.50. The summed E-state index contributed by atoms with van der Waals surface area (Å²) in [6.07, 6.45) is 5.31. The summed E-state index contributed by atoms with van der Waals surface area (Å²) in [7, 11) is 1.71. The number of aromatic nitrogens is 1. The minimum atomic E-state index is 0.904. The molecule has 0 radical (unpaired) electrons. The molecular formula is C17H23N2O+. The average molecular weight is 271 g/mol. The van der Waals surface area contributed by atoms with E-state index in [1.807, 2.05) is 6.07 Å². The molecule has 3 rings (SSSR count). The summed E-state index contributed by atoms with van der Waals surface area (Å²) in [4.78, 5) is 6.07. The predicted octanol–water partition coefficient (Wildman–Crippen LogP) is 3.35. The number of methoxy groups -OCH3 is 1. The van der Waals surface area contributed by atoms with Crippen molar-refractivity contribution >= 4 is 16.7 Å². The van der Waals surface area contributed by atoms with Crippen molar-refractivity contribution in [1.82, 2.24) is 0 Å². The molecule has 0 saturated carbocycles. The van der Waals surface area contributed by atoms with Gasteiger partial charge < -0.3 is 4.74 Å². The Balaban J connectivity index is 2.02. The van der Waals surface area contributed by atoms with E-state index in [9.17, 15) is 0 Å². The Bertz CT molecular complexity index is 601. The molecule has 0 bridgehead atoms. The fourth-order valence-corrected chi connectivity index (χ4v) is 3.04. The maximum atomic E-state index is 5.33. The van der Waals surface area contributed by atoms with Crippen molar-refractivity contribution in [3.63, 3.8) is 0 Å². The van der Waals surface area contributed by atoms with E-state index in [0.29, 0.717) is 0 Å². The number of nitrogens with one attached hydrogen (secondary N) is 1. The molecule has 106 valence electrons. The third-order valence-corrected chi connectivity index (χ3v) is 4.21. The van der Waals surface area contributed by atoms with Crippen molar-refractivity contribution in [2.75, 3.05) is 25.1 Å². The second kappa shape index (κ2) is 5.70. The zero-order chi connectivity index (χ0) is 13.9. The van der Waals surface area contributed by atoms with Gasteiger partial charge in [-0.15, -0.1) is 0 Å². The first-order valence-electron chi connectivity index (χ1n) is 7.53. The van der Waals surface area contributed by atoms with Crippen molar-refractivity contribution in [2.45, 2.75) is 32.6 Å². The maximum absolute atomic E-state index is 5.33. The Morgan fingerprint density at radius 3 is 2.50 bits per heavy atom. The molecule has 1 aliphatic rings. The van der Waals surface area contributed by atoms with Crippen LogP contribution in [0.4, 0.5) is 5.82 Å². The highest BCUT2D eigenvalue weighted by molar-refractivity contribution is 5.81. The Hall–Kier alpha value is -1.77. The number of aromatic amines is 1. The first-order chi connectivity index (χ1) is 9.78. The fourth-order valence-electron chi connectivity index (χ4n) is 3.04. The van der Waals surface area contributed by atoms with Gasteiger partial charge in [0, 0.05) is 17.5 Å². The number of aryl methyl sites for hydroxylation is 1. The highest BCUT2D eigenvalue weighted by Crippen LogP contribution is 2.24. The second-order valence-electron chi connectivity index (χ2n) is 5.65. The number of hydrogen-bond acceptors (Lipinski definition) is 2. The molecule has 0 spiro atoms. The molecule has 2 heterocycles. The first-order valence-corrected chi connectivity index (χ1v) is 7.53. The van der Waals surface area contributed by atoms with Crippen LogP contribution in [0.15, 0.2) is 24.3 Å². The van der Waals surface area contributed by atoms with Crippen LogP contribution in [0.25, 0.3) is 10.9 Å². The molecule has 1 N–H and O–H groups in total. The lowest BCUT2D eigenvalue weighted by molar-refractivity contribution is -0.330. The van der Waals surface area contributed by atoms with Crippen molar-refractivity contribution in [2.24, 2.45) is 0 Å². The largest absolute Gasteiger partial charge is 0.497 e. The molecule has 3 heteroatoms. The summed E-state index contributed by atoms with van der Waals surface area (Å²) in [5, 5.41) is 1.27. The third kappa shape index (κ3) is 2.58. The molecule has 1 aromatic carbocycles. The van der Waals surface area contributed by atoms with Crippen LogP contribution in [-0.2, 0) is 0 Å². The van der Waals surface area contributed by atoms with Crippen LogP contribution in [0.1, 0.15) is 31.2 Å². The Kier molecular flexibility index (Phi) is 3.77. The van der Waals surface area contributed by atoms with Gasteiger partial charge in [0.25, 0.3) is 5.82 Å². The topological polar surface area (TPSA) is 26.6 Å². The second-order valence-corrected chi connectivity index (χ2v) is 5.65. The molecule has 1 aliphatic heterocycles. The molecule has 1 saturated heterocycles. The van der Waals surface area contributed by atoms with Gasteiger partial charge in [0.2, 0.25) is 0 Å². The van der Waals surface area contributed by atoms with Gasteiger partial charge in [0.1, 0.15) is 11.3 Å². The summed E-state index contributed by atoms with van der Waals surface area (Å²) in [6, 6.07) is 8.52. The molecule has 0 atom stereocenters. The van der Waals surface area contributed by atoms with Crippen LogP contribution < -0.4 is 14.6 Å². The fraction of sp³-hybridized carbons (Fsp3) is 0.471. The molecule has 0 amide bonds. The van der Waals surface area contributed by atoms with Gasteiger partial charge in [0.15, 0.2) is 0 Å². The monoisotopic (exact) mass is 271 g/mol. The molecular weight excluding hydrogens is 248 g/mol. The van der Waals surface area contributed by atoms with Gasteiger partial charge in [-0.25, -0.2) is 4.98 Å². The first kappa shape index (κ1) is 13.2. The van der Waals surface area contributed by atoms with Crippen LogP contribution in [-0.4, -0.2) is 20.2 Å². The van der Waals surface area contributed by atoms with E-state index in [2.05, 4.69) is 35.0 Å². The number of nitrogens with zero attached hydrogens (tertiary/aromatic N) is 1. The molecule has 0 aliphatic carbocycles. The van der Waals surface area contributed by atoms with Gasteiger partial charge in [0.05, 0.1) is 20.2 Å². The van der Waals surface area contributed by atoms with E-state index in [0.717, 1.165) is 24.4 Å². The molecule has 20 heavy (non-hydrogen) atoms. The number of benzene rings is 1. The average Bonchev–Trinajstić information content (AvgIpc) is 2.75. The summed E-state index contributed by atoms with van der Waals surface area (Å²) < 4.78 is 5.33. The number of anilines is 1. The predicted molar refractivity (Wildman–Crippen MR) is 82.5 cm³/mol. The number of H-pyrrole nitrogens is 1. The quantitative estimate of drug-likeness (QED) is 0.837. The Labute approximate surface area is 120 Å². The minimum absolute atomic E-state index is 0.904. The van der Waals surface area contributed by atoms with Crippen LogP contribution in [0.2, 0.25) is 0 Å². The van der Waals surface area contributed by atoms with Crippen molar-refractivity contribution in [3.05, 3.63) is 29.8 Å². The smallest absolute Gasteiger partial charge is 0.275 e. The van der Waals surface area contributed by atoms with Crippen molar-refractivity contribution in [1.29, 1.82) is 0 Å². The van der Waals surface area contributed by atoms with Crippen LogP contribution in [0, 0.1) is 6.92 Å². The standard InChI is InChI=1S/C17H22N2O/c1-13-11-17(19-9-5-3-4-6-10-19)18-16-12-14(20-2)7-8-15(13)16/h7-8,11-12H,3-6,9-10H2,1-2H3/p+1.